The molecule has 2 nitrogen and oxygen atoms in total. The summed E-state index contributed by atoms with van der Waals surface area (Å²) >= 11 is 3.15. The Morgan fingerprint density at radius 1 is 1.55 bits per heavy atom. The predicted molar refractivity (Wildman–Crippen MR) is 46.5 cm³/mol. The molecule has 1 aromatic rings. The molecule has 0 aliphatic rings. The molecular formula is C7H6BrFN2. The van der Waals surface area contributed by atoms with E-state index in [1.807, 2.05) is 0 Å². The van der Waals surface area contributed by atoms with Gasteiger partial charge in [-0.15, -0.1) is 0 Å². The van der Waals surface area contributed by atoms with Crippen LogP contribution in [0.15, 0.2) is 22.7 Å². The Kier molecular flexibility index (Phi) is 2.24. The first-order chi connectivity index (χ1) is 5.11. The first-order valence-electron chi connectivity index (χ1n) is 2.90. The predicted octanol–water partition coefficient (Wildman–Crippen LogP) is 2.33. The highest BCUT2D eigenvalue weighted by atomic mass is 79.9. The number of nitrogens with two attached hydrogens (primary N) is 1. The number of hydrogen-bond acceptors (Lipinski definition) is 2. The van der Waals surface area contributed by atoms with Gasteiger partial charge in [-0.3, -0.25) is 5.41 Å². The normalized spacial score (nSPS) is 9.64. The summed E-state index contributed by atoms with van der Waals surface area (Å²) in [6.07, 6.45) is 0. The van der Waals surface area contributed by atoms with Gasteiger partial charge in [0.25, 0.3) is 0 Å². The fraction of sp³-hybridized carbons (Fsp3) is 0. The summed E-state index contributed by atoms with van der Waals surface area (Å²) in [7, 11) is 0. The fourth-order valence-corrected chi connectivity index (χ4v) is 1.08. The Morgan fingerprint density at radius 3 is 2.64 bits per heavy atom. The monoisotopic (exact) mass is 216 g/mol. The van der Waals surface area contributed by atoms with Crippen molar-refractivity contribution in [3.63, 3.8) is 0 Å². The number of anilines is 1. The van der Waals surface area contributed by atoms with E-state index < -0.39 is 5.97 Å². The Balaban J connectivity index is 3.23. The van der Waals surface area contributed by atoms with Gasteiger partial charge in [-0.05, 0) is 18.2 Å². The van der Waals surface area contributed by atoms with Gasteiger partial charge >= 0.3 is 0 Å². The molecule has 4 heteroatoms. The highest BCUT2D eigenvalue weighted by molar-refractivity contribution is 9.10. The molecule has 11 heavy (non-hydrogen) atoms. The lowest BCUT2D eigenvalue weighted by Crippen LogP contribution is -1.97. The molecule has 0 heterocycles. The topological polar surface area (TPSA) is 49.9 Å². The standard InChI is InChI=1S/C7H6BrFN2/c8-4-1-2-6(10)5(3-4)7(9)11/h1-3,11H,10H2. The maximum atomic E-state index is 12.4. The van der Waals surface area contributed by atoms with Crippen molar-refractivity contribution in [2.75, 3.05) is 5.73 Å². The molecule has 0 amide bonds. The average Bonchev–Trinajstić information content (AvgIpc) is 1.94. The van der Waals surface area contributed by atoms with Gasteiger partial charge in [-0.2, -0.15) is 4.39 Å². The first-order valence-corrected chi connectivity index (χ1v) is 3.70. The van der Waals surface area contributed by atoms with Gasteiger partial charge in [-0.1, -0.05) is 15.9 Å². The summed E-state index contributed by atoms with van der Waals surface area (Å²) in [6.45, 7) is 0. The molecule has 0 radical (unpaired) electrons. The van der Waals surface area contributed by atoms with Gasteiger partial charge in [0.2, 0.25) is 5.97 Å². The summed E-state index contributed by atoms with van der Waals surface area (Å²) in [5, 5.41) is 6.71. The van der Waals surface area contributed by atoms with Crippen molar-refractivity contribution >= 4 is 27.6 Å². The summed E-state index contributed by atoms with van der Waals surface area (Å²) in [5.41, 5.74) is 5.79. The van der Waals surface area contributed by atoms with Gasteiger partial charge in [0.1, 0.15) is 0 Å². The molecule has 0 atom stereocenters. The third-order valence-electron chi connectivity index (χ3n) is 1.25. The minimum atomic E-state index is -1.01. The van der Waals surface area contributed by atoms with E-state index in [-0.39, 0.29) is 11.3 Å². The van der Waals surface area contributed by atoms with Crippen molar-refractivity contribution in [3.8, 4) is 0 Å². The summed E-state index contributed by atoms with van der Waals surface area (Å²) in [4.78, 5) is 0. The lowest BCUT2D eigenvalue weighted by Gasteiger charge is -2.00. The molecule has 58 valence electrons. The van der Waals surface area contributed by atoms with Crippen molar-refractivity contribution in [3.05, 3.63) is 28.2 Å². The van der Waals surface area contributed by atoms with E-state index in [2.05, 4.69) is 15.9 Å². The number of nitrogens with one attached hydrogen (secondary N) is 1. The summed E-state index contributed by atoms with van der Waals surface area (Å²) < 4.78 is 13.1. The van der Waals surface area contributed by atoms with Crippen LogP contribution in [0.4, 0.5) is 10.1 Å². The van der Waals surface area contributed by atoms with Crippen LogP contribution in [-0.2, 0) is 0 Å². The SMILES string of the molecule is N=C(F)c1cc(Br)ccc1N. The molecule has 0 bridgehead atoms. The molecule has 0 saturated carbocycles. The van der Waals surface area contributed by atoms with Crippen LogP contribution < -0.4 is 5.73 Å². The zero-order valence-electron chi connectivity index (χ0n) is 5.57. The van der Waals surface area contributed by atoms with Crippen molar-refractivity contribution in [1.29, 1.82) is 5.41 Å². The molecular weight excluding hydrogens is 211 g/mol. The molecule has 1 aromatic carbocycles. The van der Waals surface area contributed by atoms with Gasteiger partial charge in [0.05, 0.1) is 5.56 Å². The molecule has 0 spiro atoms. The molecule has 0 fully saturated rings. The van der Waals surface area contributed by atoms with Crippen LogP contribution in [0.25, 0.3) is 0 Å². The minimum absolute atomic E-state index is 0.124. The molecule has 0 unspecified atom stereocenters. The van der Waals surface area contributed by atoms with E-state index in [0.717, 1.165) is 0 Å². The number of hydrogen-bond donors (Lipinski definition) is 2. The zero-order valence-corrected chi connectivity index (χ0v) is 7.15. The fourth-order valence-electron chi connectivity index (χ4n) is 0.719. The van der Waals surface area contributed by atoms with E-state index in [4.69, 9.17) is 11.1 Å². The van der Waals surface area contributed by atoms with Crippen LogP contribution in [0.1, 0.15) is 5.56 Å². The summed E-state index contributed by atoms with van der Waals surface area (Å²) in [5.74, 6) is -1.01. The number of nitrogen functional groups attached to an aromatic ring is 1. The quantitative estimate of drug-likeness (QED) is 0.550. The lowest BCUT2D eigenvalue weighted by atomic mass is 10.2. The second kappa shape index (κ2) is 3.00. The van der Waals surface area contributed by atoms with Crippen molar-refractivity contribution < 1.29 is 4.39 Å². The number of halogens is 2. The van der Waals surface area contributed by atoms with E-state index >= 15 is 0 Å². The molecule has 0 aliphatic carbocycles. The molecule has 0 aliphatic heterocycles. The molecule has 0 aromatic heterocycles. The Bertz CT molecular complexity index is 298. The van der Waals surface area contributed by atoms with Crippen LogP contribution in [-0.4, -0.2) is 5.97 Å². The molecule has 3 N–H and O–H groups in total. The van der Waals surface area contributed by atoms with Crippen molar-refractivity contribution in [2.24, 2.45) is 0 Å². The second-order valence-corrected chi connectivity index (χ2v) is 2.96. The summed E-state index contributed by atoms with van der Waals surface area (Å²) in [6, 6.07) is 4.72. The van der Waals surface area contributed by atoms with Crippen LogP contribution in [0.5, 0.6) is 0 Å². The zero-order chi connectivity index (χ0) is 8.43. The van der Waals surface area contributed by atoms with Gasteiger partial charge in [-0.25, -0.2) is 0 Å². The van der Waals surface area contributed by atoms with Gasteiger partial charge in [0, 0.05) is 10.2 Å². The van der Waals surface area contributed by atoms with Crippen molar-refractivity contribution in [2.45, 2.75) is 0 Å². The maximum absolute atomic E-state index is 12.4. The maximum Gasteiger partial charge on any atom is 0.214 e. The van der Waals surface area contributed by atoms with E-state index in [1.165, 1.54) is 6.07 Å². The van der Waals surface area contributed by atoms with Crippen LogP contribution in [0, 0.1) is 5.41 Å². The Morgan fingerprint density at radius 2 is 2.18 bits per heavy atom. The van der Waals surface area contributed by atoms with Gasteiger partial charge in [0.15, 0.2) is 0 Å². The average molecular weight is 217 g/mol. The Hall–Kier alpha value is -0.900. The van der Waals surface area contributed by atoms with Crippen molar-refractivity contribution in [1.82, 2.24) is 0 Å². The van der Waals surface area contributed by atoms with E-state index in [0.29, 0.717) is 4.47 Å². The Labute approximate surface area is 71.9 Å². The molecule has 0 saturated heterocycles. The van der Waals surface area contributed by atoms with Crippen LogP contribution in [0.2, 0.25) is 0 Å². The second-order valence-electron chi connectivity index (χ2n) is 2.05. The minimum Gasteiger partial charge on any atom is -0.398 e. The largest absolute Gasteiger partial charge is 0.398 e. The van der Waals surface area contributed by atoms with E-state index in [9.17, 15) is 4.39 Å². The van der Waals surface area contributed by atoms with Crippen LogP contribution >= 0.6 is 15.9 Å². The first kappa shape index (κ1) is 8.20. The highest BCUT2D eigenvalue weighted by Gasteiger charge is 2.04. The number of rotatable bonds is 1. The van der Waals surface area contributed by atoms with E-state index in [1.54, 1.807) is 12.1 Å². The van der Waals surface area contributed by atoms with Gasteiger partial charge < -0.3 is 5.73 Å². The number of benzene rings is 1. The smallest absolute Gasteiger partial charge is 0.214 e. The third-order valence-corrected chi connectivity index (χ3v) is 1.75. The highest BCUT2D eigenvalue weighted by Crippen LogP contribution is 2.18. The lowest BCUT2D eigenvalue weighted by molar-refractivity contribution is 0.798. The van der Waals surface area contributed by atoms with Crippen LogP contribution in [0.3, 0.4) is 0 Å². The third kappa shape index (κ3) is 1.77. The molecule has 1 rings (SSSR count).